The Morgan fingerprint density at radius 3 is 2.52 bits per heavy atom. The number of aromatic nitrogens is 1. The molecule has 0 aliphatic rings. The molecule has 0 unspecified atom stereocenters. The lowest BCUT2D eigenvalue weighted by Gasteiger charge is -2.07. The number of hydrogen-bond acceptors (Lipinski definition) is 1. The number of carbonyl (C=O) groups is 1. The number of benzene rings is 2. The lowest BCUT2D eigenvalue weighted by atomic mass is 10.1. The second-order valence-corrected chi connectivity index (χ2v) is 5.70. The zero-order chi connectivity index (χ0) is 16.1. The van der Waals surface area contributed by atoms with E-state index in [1.807, 2.05) is 59.4 Å². The fraction of sp³-hybridized carbons (Fsp3) is 0.200. The largest absolute Gasteiger partial charge is 0.320 e. The molecule has 3 rings (SSSR count). The zero-order valence-electron chi connectivity index (χ0n) is 13.3. The maximum absolute atomic E-state index is 12.3. The van der Waals surface area contributed by atoms with Crippen molar-refractivity contribution in [3.8, 4) is 0 Å². The van der Waals surface area contributed by atoms with Gasteiger partial charge in [0.15, 0.2) is 12.4 Å². The van der Waals surface area contributed by atoms with Crippen LogP contribution >= 0.6 is 0 Å². The number of nitrogens with one attached hydrogen (secondary N) is 1. The van der Waals surface area contributed by atoms with E-state index in [9.17, 15) is 4.79 Å². The van der Waals surface area contributed by atoms with Gasteiger partial charge in [-0.15, -0.1) is 0 Å². The predicted molar refractivity (Wildman–Crippen MR) is 93.2 cm³/mol. The van der Waals surface area contributed by atoms with Crippen LogP contribution in [-0.2, 0) is 17.8 Å². The Morgan fingerprint density at radius 2 is 1.74 bits per heavy atom. The van der Waals surface area contributed by atoms with E-state index in [0.29, 0.717) is 6.54 Å². The third-order valence-corrected chi connectivity index (χ3v) is 3.89. The van der Waals surface area contributed by atoms with Crippen molar-refractivity contribution in [2.75, 3.05) is 5.32 Å². The van der Waals surface area contributed by atoms with Crippen molar-refractivity contribution in [2.24, 2.45) is 0 Å². The van der Waals surface area contributed by atoms with Gasteiger partial charge in [0.05, 0.1) is 0 Å². The molecule has 0 atom stereocenters. The lowest BCUT2D eigenvalue weighted by Crippen LogP contribution is -2.39. The Morgan fingerprint density at radius 1 is 1.00 bits per heavy atom. The lowest BCUT2D eigenvalue weighted by molar-refractivity contribution is -0.684. The summed E-state index contributed by atoms with van der Waals surface area (Å²) in [6.45, 7) is 2.48. The van der Waals surface area contributed by atoms with Gasteiger partial charge in [0.25, 0.3) is 5.91 Å². The maximum Gasteiger partial charge on any atom is 0.290 e. The number of rotatable bonds is 5. The highest BCUT2D eigenvalue weighted by molar-refractivity contribution is 6.01. The highest BCUT2D eigenvalue weighted by Crippen LogP contribution is 2.22. The van der Waals surface area contributed by atoms with Gasteiger partial charge < -0.3 is 5.32 Å². The monoisotopic (exact) mass is 305 g/mol. The second-order valence-electron chi connectivity index (χ2n) is 5.70. The molecule has 3 heteroatoms. The standard InChI is InChI=1S/C20H20N2O/c1-2-6-16-11-13-22(14-12-16)15-20(23)21-19-10-5-8-17-7-3-4-9-18(17)19/h3-5,7-14H,2,6,15H2,1H3/p+1. The number of anilines is 1. The van der Waals surface area contributed by atoms with Gasteiger partial charge in [-0.1, -0.05) is 49.7 Å². The molecular formula is C20H21N2O+. The van der Waals surface area contributed by atoms with Crippen molar-refractivity contribution in [3.05, 3.63) is 72.6 Å². The SMILES string of the molecule is CCCc1cc[n+](CC(=O)Nc2cccc3ccccc23)cc1. The molecular weight excluding hydrogens is 284 g/mol. The van der Waals surface area contributed by atoms with Gasteiger partial charge in [0.1, 0.15) is 0 Å². The number of nitrogens with zero attached hydrogens (tertiary/aromatic N) is 1. The number of hydrogen-bond donors (Lipinski definition) is 1. The third kappa shape index (κ3) is 3.75. The summed E-state index contributed by atoms with van der Waals surface area (Å²) < 4.78 is 1.90. The van der Waals surface area contributed by atoms with Crippen LogP contribution < -0.4 is 9.88 Å². The topological polar surface area (TPSA) is 33.0 Å². The fourth-order valence-corrected chi connectivity index (χ4v) is 2.74. The summed E-state index contributed by atoms with van der Waals surface area (Å²) >= 11 is 0. The molecule has 0 aliphatic heterocycles. The zero-order valence-corrected chi connectivity index (χ0v) is 13.3. The van der Waals surface area contributed by atoms with Crippen LogP contribution in [0.1, 0.15) is 18.9 Å². The number of pyridine rings is 1. The predicted octanol–water partition coefficient (Wildman–Crippen LogP) is 3.72. The molecule has 3 aromatic rings. The molecule has 1 aromatic heterocycles. The molecule has 1 amide bonds. The molecule has 3 nitrogen and oxygen atoms in total. The molecule has 0 bridgehead atoms. The van der Waals surface area contributed by atoms with Gasteiger partial charge >= 0.3 is 0 Å². The van der Waals surface area contributed by atoms with E-state index in [1.54, 1.807) is 0 Å². The van der Waals surface area contributed by atoms with Gasteiger partial charge in [-0.25, -0.2) is 0 Å². The molecule has 0 fully saturated rings. The van der Waals surface area contributed by atoms with Gasteiger partial charge in [0.2, 0.25) is 6.54 Å². The van der Waals surface area contributed by atoms with Crippen LogP contribution in [-0.4, -0.2) is 5.91 Å². The summed E-state index contributed by atoms with van der Waals surface area (Å²) in [5, 5.41) is 5.20. The quantitative estimate of drug-likeness (QED) is 0.716. The van der Waals surface area contributed by atoms with Crippen LogP contribution in [0.2, 0.25) is 0 Å². The summed E-state index contributed by atoms with van der Waals surface area (Å²) in [4.78, 5) is 12.3. The summed E-state index contributed by atoms with van der Waals surface area (Å²) in [5.74, 6) is -0.0189. The molecule has 0 saturated carbocycles. The molecule has 0 aliphatic carbocycles. The van der Waals surface area contributed by atoms with E-state index in [0.717, 1.165) is 29.3 Å². The first-order chi connectivity index (χ1) is 11.3. The molecule has 23 heavy (non-hydrogen) atoms. The summed E-state index contributed by atoms with van der Waals surface area (Å²) in [7, 11) is 0. The average Bonchev–Trinajstić information content (AvgIpc) is 2.57. The molecule has 1 N–H and O–H groups in total. The van der Waals surface area contributed by atoms with E-state index in [4.69, 9.17) is 0 Å². The summed E-state index contributed by atoms with van der Waals surface area (Å²) in [5.41, 5.74) is 2.16. The van der Waals surface area contributed by atoms with Gasteiger partial charge in [0, 0.05) is 23.2 Å². The van der Waals surface area contributed by atoms with Crippen molar-refractivity contribution >= 4 is 22.4 Å². The minimum absolute atomic E-state index is 0.0189. The van der Waals surface area contributed by atoms with Crippen LogP contribution in [0.15, 0.2) is 67.0 Å². The Bertz CT molecular complexity index is 804. The Balaban J connectivity index is 1.71. The highest BCUT2D eigenvalue weighted by Gasteiger charge is 2.11. The van der Waals surface area contributed by atoms with E-state index in [2.05, 4.69) is 24.4 Å². The van der Waals surface area contributed by atoms with Crippen molar-refractivity contribution in [1.82, 2.24) is 0 Å². The van der Waals surface area contributed by atoms with Crippen LogP contribution in [0.3, 0.4) is 0 Å². The fourth-order valence-electron chi connectivity index (χ4n) is 2.74. The van der Waals surface area contributed by atoms with Crippen LogP contribution in [0.25, 0.3) is 10.8 Å². The number of fused-ring (bicyclic) bond motifs is 1. The first-order valence-corrected chi connectivity index (χ1v) is 8.02. The normalized spacial score (nSPS) is 10.7. The van der Waals surface area contributed by atoms with Crippen molar-refractivity contribution in [1.29, 1.82) is 0 Å². The number of carbonyl (C=O) groups excluding carboxylic acids is 1. The van der Waals surface area contributed by atoms with E-state index in [1.165, 1.54) is 5.56 Å². The maximum atomic E-state index is 12.3. The van der Waals surface area contributed by atoms with Crippen molar-refractivity contribution < 1.29 is 9.36 Å². The van der Waals surface area contributed by atoms with Crippen molar-refractivity contribution in [3.63, 3.8) is 0 Å². The molecule has 1 heterocycles. The highest BCUT2D eigenvalue weighted by atomic mass is 16.1. The van der Waals surface area contributed by atoms with E-state index >= 15 is 0 Å². The van der Waals surface area contributed by atoms with Gasteiger partial charge in [-0.2, -0.15) is 4.57 Å². The van der Waals surface area contributed by atoms with E-state index in [-0.39, 0.29) is 5.91 Å². The van der Waals surface area contributed by atoms with E-state index < -0.39 is 0 Å². The third-order valence-electron chi connectivity index (χ3n) is 3.89. The average molecular weight is 305 g/mol. The Hall–Kier alpha value is -2.68. The Labute approximate surface area is 136 Å². The molecule has 0 radical (unpaired) electrons. The first-order valence-electron chi connectivity index (χ1n) is 8.02. The summed E-state index contributed by atoms with van der Waals surface area (Å²) in [6, 6.07) is 18.2. The summed E-state index contributed by atoms with van der Waals surface area (Å²) in [6.07, 6.45) is 6.13. The molecule has 0 spiro atoms. The Kier molecular flexibility index (Phi) is 4.67. The second kappa shape index (κ2) is 7.05. The molecule has 0 saturated heterocycles. The molecule has 2 aromatic carbocycles. The van der Waals surface area contributed by atoms with Crippen molar-refractivity contribution in [2.45, 2.75) is 26.3 Å². The van der Waals surface area contributed by atoms with Gasteiger partial charge in [-0.05, 0) is 23.4 Å². The van der Waals surface area contributed by atoms with Crippen LogP contribution in [0.4, 0.5) is 5.69 Å². The van der Waals surface area contributed by atoms with Crippen LogP contribution in [0.5, 0.6) is 0 Å². The number of amides is 1. The minimum atomic E-state index is -0.0189. The van der Waals surface area contributed by atoms with Crippen LogP contribution in [0, 0.1) is 0 Å². The minimum Gasteiger partial charge on any atom is -0.320 e. The van der Waals surface area contributed by atoms with Gasteiger partial charge in [-0.3, -0.25) is 4.79 Å². The smallest absolute Gasteiger partial charge is 0.290 e. The number of aryl methyl sites for hydroxylation is 1. The molecule has 116 valence electrons. The first kappa shape index (κ1) is 15.2.